The summed E-state index contributed by atoms with van der Waals surface area (Å²) >= 11 is 0. The number of hydrogen-bond acceptors (Lipinski definition) is 4. The Hall–Kier alpha value is -2.11. The van der Waals surface area contributed by atoms with E-state index in [4.69, 9.17) is 9.47 Å². The van der Waals surface area contributed by atoms with Gasteiger partial charge < -0.3 is 14.8 Å². The van der Waals surface area contributed by atoms with E-state index in [9.17, 15) is 14.0 Å². The lowest BCUT2D eigenvalue weighted by atomic mass is 9.73. The van der Waals surface area contributed by atoms with Gasteiger partial charge in [0, 0.05) is 5.92 Å². The van der Waals surface area contributed by atoms with Crippen LogP contribution in [0.4, 0.5) is 9.18 Å². The number of carbonyl (C=O) groups excluding carboxylic acids is 2. The Bertz CT molecular complexity index is 737. The fourth-order valence-electron chi connectivity index (χ4n) is 4.30. The zero-order valence-electron chi connectivity index (χ0n) is 19.1. The predicted octanol–water partition coefficient (Wildman–Crippen LogP) is 5.64. The van der Waals surface area contributed by atoms with Gasteiger partial charge in [0.1, 0.15) is 23.6 Å². The van der Waals surface area contributed by atoms with Gasteiger partial charge in [0.15, 0.2) is 0 Å². The van der Waals surface area contributed by atoms with Crippen molar-refractivity contribution in [1.82, 2.24) is 5.32 Å². The molecule has 0 bridgehead atoms. The second kappa shape index (κ2) is 10.3. The van der Waals surface area contributed by atoms with E-state index < -0.39 is 29.8 Å². The third kappa shape index (κ3) is 6.99. The minimum absolute atomic E-state index is 0.0106. The first-order valence-electron chi connectivity index (χ1n) is 10.9. The molecule has 1 N–H and O–H groups in total. The van der Waals surface area contributed by atoms with Crippen LogP contribution in [0.15, 0.2) is 18.2 Å². The molecule has 5 nitrogen and oxygen atoms in total. The van der Waals surface area contributed by atoms with Gasteiger partial charge in [-0.25, -0.2) is 14.0 Å². The average molecular weight is 422 g/mol. The molecule has 1 amide bonds. The van der Waals surface area contributed by atoms with Crippen LogP contribution in [0, 0.1) is 18.7 Å². The number of esters is 1. The number of benzene rings is 1. The Balaban J connectivity index is 2.12. The highest BCUT2D eigenvalue weighted by atomic mass is 19.1. The van der Waals surface area contributed by atoms with Gasteiger partial charge in [0.25, 0.3) is 0 Å². The van der Waals surface area contributed by atoms with E-state index in [0.29, 0.717) is 5.92 Å². The number of alkyl carbamates (subject to hydrolysis) is 1. The van der Waals surface area contributed by atoms with E-state index in [1.54, 1.807) is 27.7 Å². The molecule has 168 valence electrons. The van der Waals surface area contributed by atoms with Gasteiger partial charge >= 0.3 is 12.1 Å². The van der Waals surface area contributed by atoms with Gasteiger partial charge in [0.05, 0.1) is 0 Å². The van der Waals surface area contributed by atoms with Crippen LogP contribution in [-0.2, 0) is 14.3 Å². The molecule has 30 heavy (non-hydrogen) atoms. The molecular weight excluding hydrogens is 385 g/mol. The van der Waals surface area contributed by atoms with Crippen LogP contribution in [0.25, 0.3) is 0 Å². The van der Waals surface area contributed by atoms with Crippen molar-refractivity contribution in [1.29, 1.82) is 0 Å². The molecule has 6 heteroatoms. The maximum Gasteiger partial charge on any atom is 0.408 e. The summed E-state index contributed by atoms with van der Waals surface area (Å²) in [5, 5.41) is 2.53. The van der Waals surface area contributed by atoms with Crippen molar-refractivity contribution in [2.75, 3.05) is 0 Å². The van der Waals surface area contributed by atoms with Crippen molar-refractivity contribution in [3.8, 4) is 0 Å². The Morgan fingerprint density at radius 3 is 2.33 bits per heavy atom. The molecule has 0 aromatic heterocycles. The Morgan fingerprint density at radius 1 is 1.13 bits per heavy atom. The highest BCUT2D eigenvalue weighted by Crippen LogP contribution is 2.40. The van der Waals surface area contributed by atoms with Crippen LogP contribution in [0.5, 0.6) is 0 Å². The minimum atomic E-state index is -0.830. The molecule has 0 aliphatic heterocycles. The van der Waals surface area contributed by atoms with Gasteiger partial charge in [0.2, 0.25) is 0 Å². The molecule has 0 radical (unpaired) electrons. The summed E-state index contributed by atoms with van der Waals surface area (Å²) in [6.45, 7) is 10.7. The zero-order chi connectivity index (χ0) is 22.5. The maximum atomic E-state index is 13.7. The molecule has 1 aliphatic carbocycles. The number of nitrogens with one attached hydrogen (secondary N) is 1. The van der Waals surface area contributed by atoms with E-state index in [1.807, 2.05) is 19.9 Å². The number of hydrogen-bond donors (Lipinski definition) is 1. The molecule has 3 atom stereocenters. The summed E-state index contributed by atoms with van der Waals surface area (Å²) in [4.78, 5) is 24.6. The third-order valence-corrected chi connectivity index (χ3v) is 5.64. The van der Waals surface area contributed by atoms with Crippen LogP contribution in [-0.4, -0.2) is 29.8 Å². The fourth-order valence-corrected chi connectivity index (χ4v) is 4.30. The van der Waals surface area contributed by atoms with Crippen LogP contribution < -0.4 is 5.32 Å². The topological polar surface area (TPSA) is 64.6 Å². The van der Waals surface area contributed by atoms with Crippen molar-refractivity contribution < 1.29 is 23.5 Å². The lowest BCUT2D eigenvalue weighted by Crippen LogP contribution is -2.44. The number of ether oxygens (including phenoxy) is 2. The normalized spacial score (nSPS) is 18.2. The molecular formula is C24H36FNO4. The van der Waals surface area contributed by atoms with Crippen molar-refractivity contribution in [3.63, 3.8) is 0 Å². The van der Waals surface area contributed by atoms with E-state index in [2.05, 4.69) is 5.32 Å². The average Bonchev–Trinajstić information content (AvgIpc) is 2.63. The van der Waals surface area contributed by atoms with Crippen LogP contribution in [0.1, 0.15) is 83.8 Å². The van der Waals surface area contributed by atoms with Gasteiger partial charge in [-0.2, -0.15) is 0 Å². The van der Waals surface area contributed by atoms with Crippen LogP contribution in [0.3, 0.4) is 0 Å². The van der Waals surface area contributed by atoms with Crippen molar-refractivity contribution in [3.05, 3.63) is 35.1 Å². The van der Waals surface area contributed by atoms with Crippen molar-refractivity contribution in [2.45, 2.75) is 97.3 Å². The Kier molecular flexibility index (Phi) is 8.27. The SMILES string of the molecule is Cc1cc(F)ccc1[C@@H](C1CCCCC1)[C@H](C)OC(=O)[C@H](C)NC(=O)OC(C)(C)C. The summed E-state index contributed by atoms with van der Waals surface area (Å²) in [5.74, 6) is -0.407. The lowest BCUT2D eigenvalue weighted by Gasteiger charge is -2.35. The van der Waals surface area contributed by atoms with Gasteiger partial charge in [-0.05, 0) is 83.6 Å². The molecule has 1 aliphatic rings. The fraction of sp³-hybridized carbons (Fsp3) is 0.667. The molecule has 0 unspecified atom stereocenters. The standard InChI is InChI=1S/C24H36FNO4/c1-15-14-19(25)12-13-20(15)21(18-10-8-7-9-11-18)17(3)29-22(27)16(2)26-23(28)30-24(4,5)6/h12-14,16-18,21H,7-11H2,1-6H3,(H,26,28)/t16-,17-,21+/m0/s1. The summed E-state index contributed by atoms with van der Waals surface area (Å²) < 4.78 is 24.7. The van der Waals surface area contributed by atoms with E-state index in [1.165, 1.54) is 18.6 Å². The second-order valence-corrected chi connectivity index (χ2v) is 9.43. The Morgan fingerprint density at radius 2 is 1.77 bits per heavy atom. The summed E-state index contributed by atoms with van der Waals surface area (Å²) in [5.41, 5.74) is 1.25. The molecule has 0 heterocycles. The third-order valence-electron chi connectivity index (χ3n) is 5.64. The molecule has 0 saturated heterocycles. The van der Waals surface area contributed by atoms with Gasteiger partial charge in [-0.3, -0.25) is 0 Å². The first kappa shape index (κ1) is 24.2. The van der Waals surface area contributed by atoms with E-state index in [-0.39, 0.29) is 11.7 Å². The van der Waals surface area contributed by atoms with Crippen LogP contribution >= 0.6 is 0 Å². The molecule has 1 fully saturated rings. The maximum absolute atomic E-state index is 13.7. The monoisotopic (exact) mass is 421 g/mol. The predicted molar refractivity (Wildman–Crippen MR) is 115 cm³/mol. The molecule has 1 aromatic carbocycles. The zero-order valence-corrected chi connectivity index (χ0v) is 19.1. The molecule has 1 saturated carbocycles. The Labute approximate surface area is 179 Å². The number of amides is 1. The highest BCUT2D eigenvalue weighted by Gasteiger charge is 2.34. The number of rotatable bonds is 6. The first-order valence-corrected chi connectivity index (χ1v) is 10.9. The lowest BCUT2D eigenvalue weighted by molar-refractivity contribution is -0.152. The van der Waals surface area contributed by atoms with Crippen LogP contribution in [0.2, 0.25) is 0 Å². The van der Waals surface area contributed by atoms with Crippen molar-refractivity contribution >= 4 is 12.1 Å². The summed E-state index contributed by atoms with van der Waals surface area (Å²) in [6.07, 6.45) is 4.60. The number of halogens is 1. The van der Waals surface area contributed by atoms with Crippen molar-refractivity contribution in [2.24, 2.45) is 5.92 Å². The molecule has 2 rings (SSSR count). The van der Waals surface area contributed by atoms with Gasteiger partial charge in [-0.1, -0.05) is 25.3 Å². The number of aryl methyl sites for hydroxylation is 1. The first-order chi connectivity index (χ1) is 14.0. The highest BCUT2D eigenvalue weighted by molar-refractivity contribution is 5.81. The minimum Gasteiger partial charge on any atom is -0.460 e. The number of carbonyl (C=O) groups is 2. The quantitative estimate of drug-likeness (QED) is 0.604. The second-order valence-electron chi connectivity index (χ2n) is 9.43. The molecule has 0 spiro atoms. The molecule has 1 aromatic rings. The summed E-state index contributed by atoms with van der Waals surface area (Å²) in [6, 6.07) is 3.99. The smallest absolute Gasteiger partial charge is 0.408 e. The van der Waals surface area contributed by atoms with E-state index >= 15 is 0 Å². The van der Waals surface area contributed by atoms with Gasteiger partial charge in [-0.15, -0.1) is 0 Å². The summed E-state index contributed by atoms with van der Waals surface area (Å²) in [7, 11) is 0. The van der Waals surface area contributed by atoms with E-state index in [0.717, 1.165) is 36.8 Å². The largest absolute Gasteiger partial charge is 0.460 e.